The van der Waals surface area contributed by atoms with Crippen molar-refractivity contribution in [3.05, 3.63) is 34.6 Å². The Morgan fingerprint density at radius 3 is 2.52 bits per heavy atom. The van der Waals surface area contributed by atoms with Gasteiger partial charge in [-0.2, -0.15) is 0 Å². The van der Waals surface area contributed by atoms with Crippen LogP contribution in [0.25, 0.3) is 0 Å². The highest BCUT2D eigenvalue weighted by Crippen LogP contribution is 2.37. The molecule has 0 spiro atoms. The Morgan fingerprint density at radius 1 is 1.04 bits per heavy atom. The van der Waals surface area contributed by atoms with Crippen LogP contribution in [0.5, 0.6) is 11.5 Å². The van der Waals surface area contributed by atoms with E-state index in [9.17, 15) is 10.1 Å². The number of fused-ring (bicyclic) bond motifs is 1. The lowest BCUT2D eigenvalue weighted by Crippen LogP contribution is -2.26. The second kappa shape index (κ2) is 7.65. The Labute approximate surface area is 156 Å². The van der Waals surface area contributed by atoms with E-state index in [0.29, 0.717) is 36.2 Å². The van der Waals surface area contributed by atoms with Crippen LogP contribution in [-0.2, 0) is 0 Å². The van der Waals surface area contributed by atoms with Gasteiger partial charge in [0.25, 0.3) is 0 Å². The number of benzene rings is 1. The van der Waals surface area contributed by atoms with Crippen molar-refractivity contribution >= 4 is 23.0 Å². The van der Waals surface area contributed by atoms with E-state index >= 15 is 0 Å². The lowest BCUT2D eigenvalue weighted by atomic mass is 10.2. The Bertz CT molecular complexity index is 836. The second-order valence-electron chi connectivity index (χ2n) is 6.54. The monoisotopic (exact) mass is 371 g/mol. The van der Waals surface area contributed by atoms with Gasteiger partial charge in [-0.3, -0.25) is 10.1 Å². The van der Waals surface area contributed by atoms with Crippen molar-refractivity contribution in [2.45, 2.75) is 25.7 Å². The van der Waals surface area contributed by atoms with Gasteiger partial charge in [0.2, 0.25) is 11.6 Å². The Morgan fingerprint density at radius 2 is 1.78 bits per heavy atom. The molecule has 0 bridgehead atoms. The van der Waals surface area contributed by atoms with Gasteiger partial charge in [-0.15, -0.1) is 0 Å². The van der Waals surface area contributed by atoms with Gasteiger partial charge in [-0.25, -0.2) is 9.97 Å². The molecule has 0 atom stereocenters. The summed E-state index contributed by atoms with van der Waals surface area (Å²) in [5.74, 6) is 1.81. The summed E-state index contributed by atoms with van der Waals surface area (Å²) in [4.78, 5) is 21.7. The third-order valence-corrected chi connectivity index (χ3v) is 4.70. The van der Waals surface area contributed by atoms with Crippen LogP contribution in [0.1, 0.15) is 25.7 Å². The molecule has 9 heteroatoms. The van der Waals surface area contributed by atoms with Crippen molar-refractivity contribution in [2.75, 3.05) is 36.5 Å². The maximum Gasteiger partial charge on any atom is 0.353 e. The number of nitrogens with zero attached hydrogens (tertiary/aromatic N) is 4. The number of ether oxygens (including phenoxy) is 2. The van der Waals surface area contributed by atoms with Gasteiger partial charge in [0.15, 0.2) is 11.5 Å². The van der Waals surface area contributed by atoms with Crippen LogP contribution < -0.4 is 19.7 Å². The molecule has 1 N–H and O–H groups in total. The highest BCUT2D eigenvalue weighted by Gasteiger charge is 2.27. The number of hydrogen-bond donors (Lipinski definition) is 1. The number of anilines is 3. The molecule has 2 aromatic rings. The zero-order chi connectivity index (χ0) is 18.6. The second-order valence-corrected chi connectivity index (χ2v) is 6.54. The lowest BCUT2D eigenvalue weighted by molar-refractivity contribution is -0.383. The SMILES string of the molecule is O=[N+]([O-])c1c(Nc2ccc3c(c2)OCCO3)ncnc1N1CCCCCC1. The lowest BCUT2D eigenvalue weighted by Gasteiger charge is -2.22. The predicted molar refractivity (Wildman–Crippen MR) is 100 cm³/mol. The first-order chi connectivity index (χ1) is 13.2. The van der Waals surface area contributed by atoms with E-state index in [-0.39, 0.29) is 11.5 Å². The van der Waals surface area contributed by atoms with Crippen molar-refractivity contribution in [2.24, 2.45) is 0 Å². The summed E-state index contributed by atoms with van der Waals surface area (Å²) in [6.45, 7) is 2.52. The molecule has 0 amide bonds. The molecule has 4 rings (SSSR count). The molecule has 3 heterocycles. The fourth-order valence-corrected chi connectivity index (χ4v) is 3.40. The largest absolute Gasteiger partial charge is 0.486 e. The van der Waals surface area contributed by atoms with E-state index in [1.165, 1.54) is 6.33 Å². The van der Waals surface area contributed by atoms with Crippen LogP contribution in [0.3, 0.4) is 0 Å². The predicted octanol–water partition coefficient (Wildman–Crippen LogP) is 3.28. The normalized spacial score (nSPS) is 16.5. The molecule has 9 nitrogen and oxygen atoms in total. The molecule has 1 aromatic heterocycles. The van der Waals surface area contributed by atoms with Crippen molar-refractivity contribution < 1.29 is 14.4 Å². The van der Waals surface area contributed by atoms with Gasteiger partial charge < -0.3 is 19.7 Å². The smallest absolute Gasteiger partial charge is 0.353 e. The zero-order valence-corrected chi connectivity index (χ0v) is 14.9. The summed E-state index contributed by atoms with van der Waals surface area (Å²) in [6.07, 6.45) is 5.65. The highest BCUT2D eigenvalue weighted by atomic mass is 16.6. The standard InChI is InChI=1S/C18H21N5O4/c24-23(25)16-17(19-12-20-18(16)22-7-3-1-2-4-8-22)21-13-5-6-14-15(11-13)27-10-9-26-14/h5-6,11-12H,1-4,7-10H2,(H,19,20,21). The van der Waals surface area contributed by atoms with E-state index in [0.717, 1.165) is 38.8 Å². The summed E-state index contributed by atoms with van der Waals surface area (Å²) in [5, 5.41) is 14.9. The molecule has 2 aliphatic rings. The van der Waals surface area contributed by atoms with Crippen LogP contribution in [0.4, 0.5) is 23.0 Å². The fraction of sp³-hybridized carbons (Fsp3) is 0.444. The number of nitro groups is 1. The first-order valence-electron chi connectivity index (χ1n) is 9.13. The summed E-state index contributed by atoms with van der Waals surface area (Å²) in [6, 6.07) is 5.32. The first-order valence-corrected chi connectivity index (χ1v) is 9.13. The molecule has 0 unspecified atom stereocenters. The molecule has 1 saturated heterocycles. The highest BCUT2D eigenvalue weighted by molar-refractivity contribution is 5.75. The van der Waals surface area contributed by atoms with E-state index in [1.807, 2.05) is 4.90 Å². The molecular weight excluding hydrogens is 350 g/mol. The molecule has 2 aliphatic heterocycles. The van der Waals surface area contributed by atoms with E-state index in [4.69, 9.17) is 9.47 Å². The maximum absolute atomic E-state index is 11.8. The number of rotatable bonds is 4. The zero-order valence-electron chi connectivity index (χ0n) is 14.9. The number of hydrogen-bond acceptors (Lipinski definition) is 8. The molecular formula is C18H21N5O4. The van der Waals surface area contributed by atoms with Gasteiger partial charge in [0, 0.05) is 24.8 Å². The third-order valence-electron chi connectivity index (χ3n) is 4.70. The molecule has 1 aromatic carbocycles. The summed E-state index contributed by atoms with van der Waals surface area (Å²) < 4.78 is 11.1. The molecule has 0 saturated carbocycles. The van der Waals surface area contributed by atoms with Crippen molar-refractivity contribution in [1.29, 1.82) is 0 Å². The van der Waals surface area contributed by atoms with E-state index < -0.39 is 4.92 Å². The average molecular weight is 371 g/mol. The van der Waals surface area contributed by atoms with Gasteiger partial charge in [-0.05, 0) is 25.0 Å². The van der Waals surface area contributed by atoms with Gasteiger partial charge in [-0.1, -0.05) is 12.8 Å². The van der Waals surface area contributed by atoms with Crippen LogP contribution >= 0.6 is 0 Å². The van der Waals surface area contributed by atoms with E-state index in [2.05, 4.69) is 15.3 Å². The quantitative estimate of drug-likeness (QED) is 0.645. The van der Waals surface area contributed by atoms with Crippen LogP contribution in [0.15, 0.2) is 24.5 Å². The topological polar surface area (TPSA) is 103 Å². The Hall–Kier alpha value is -3.10. The van der Waals surface area contributed by atoms with Crippen molar-refractivity contribution in [1.82, 2.24) is 9.97 Å². The summed E-state index contributed by atoms with van der Waals surface area (Å²) >= 11 is 0. The van der Waals surface area contributed by atoms with Crippen LogP contribution in [0, 0.1) is 10.1 Å². The molecule has 27 heavy (non-hydrogen) atoms. The maximum atomic E-state index is 11.8. The van der Waals surface area contributed by atoms with Crippen molar-refractivity contribution in [3.8, 4) is 11.5 Å². The molecule has 142 valence electrons. The minimum atomic E-state index is -0.416. The minimum absolute atomic E-state index is 0.103. The van der Waals surface area contributed by atoms with E-state index in [1.54, 1.807) is 18.2 Å². The number of aromatic nitrogens is 2. The summed E-state index contributed by atoms with van der Waals surface area (Å²) in [5.41, 5.74) is 0.539. The summed E-state index contributed by atoms with van der Waals surface area (Å²) in [7, 11) is 0. The first kappa shape index (κ1) is 17.3. The molecule has 0 aliphatic carbocycles. The fourth-order valence-electron chi connectivity index (χ4n) is 3.40. The Balaban J connectivity index is 1.66. The average Bonchev–Trinajstić information content (AvgIpc) is 2.97. The van der Waals surface area contributed by atoms with Gasteiger partial charge in [0.1, 0.15) is 19.5 Å². The third kappa shape index (κ3) is 3.71. The molecule has 1 fully saturated rings. The van der Waals surface area contributed by atoms with Crippen LogP contribution in [0.2, 0.25) is 0 Å². The van der Waals surface area contributed by atoms with Gasteiger partial charge >= 0.3 is 5.69 Å². The number of nitrogens with one attached hydrogen (secondary N) is 1. The van der Waals surface area contributed by atoms with Crippen molar-refractivity contribution in [3.63, 3.8) is 0 Å². The Kier molecular flexibility index (Phi) is 4.91. The minimum Gasteiger partial charge on any atom is -0.486 e. The van der Waals surface area contributed by atoms with Crippen LogP contribution in [-0.4, -0.2) is 41.2 Å². The van der Waals surface area contributed by atoms with Gasteiger partial charge in [0.05, 0.1) is 4.92 Å². The molecule has 0 radical (unpaired) electrons.